The monoisotopic (exact) mass is 201 g/mol. The topological polar surface area (TPSA) is 39.2 Å². The number of carbonyl (C=O) groups is 1. The number of aryl methyl sites for hydroxylation is 1. The van der Waals surface area contributed by atoms with Crippen molar-refractivity contribution >= 4 is 5.97 Å². The maximum Gasteiger partial charge on any atom is 0.337 e. The van der Waals surface area contributed by atoms with Crippen LogP contribution in [0.1, 0.15) is 28.2 Å². The fourth-order valence-electron chi connectivity index (χ4n) is 1.04. The van der Waals surface area contributed by atoms with Crippen LogP contribution in [0.4, 0.5) is 8.78 Å². The molecule has 0 aliphatic heterocycles. The van der Waals surface area contributed by atoms with Crippen LogP contribution in [-0.2, 0) is 4.74 Å². The van der Waals surface area contributed by atoms with Crippen LogP contribution >= 0.6 is 0 Å². The first-order valence-electron chi connectivity index (χ1n) is 3.89. The van der Waals surface area contributed by atoms with E-state index < -0.39 is 18.1 Å². The number of aromatic nitrogens is 1. The zero-order valence-corrected chi connectivity index (χ0v) is 7.75. The Balaban J connectivity index is 3.13. The van der Waals surface area contributed by atoms with Crippen LogP contribution in [0.25, 0.3) is 0 Å². The molecule has 0 aliphatic rings. The summed E-state index contributed by atoms with van der Waals surface area (Å²) in [5.74, 6) is -0.641. The normalized spacial score (nSPS) is 10.4. The van der Waals surface area contributed by atoms with Gasteiger partial charge in [0.1, 0.15) is 5.69 Å². The van der Waals surface area contributed by atoms with E-state index in [1.807, 2.05) is 0 Å². The Hall–Kier alpha value is -1.52. The minimum atomic E-state index is -2.68. The molecule has 76 valence electrons. The molecule has 1 rings (SSSR count). The molecule has 0 amide bonds. The summed E-state index contributed by atoms with van der Waals surface area (Å²) in [6.07, 6.45) is -2.68. The summed E-state index contributed by atoms with van der Waals surface area (Å²) in [6.45, 7) is 1.54. The second kappa shape index (κ2) is 4.13. The summed E-state index contributed by atoms with van der Waals surface area (Å²) in [7, 11) is 1.19. The van der Waals surface area contributed by atoms with E-state index in [4.69, 9.17) is 0 Å². The van der Waals surface area contributed by atoms with Crippen molar-refractivity contribution in [3.63, 3.8) is 0 Å². The van der Waals surface area contributed by atoms with Gasteiger partial charge in [0, 0.05) is 5.69 Å². The lowest BCUT2D eigenvalue weighted by Gasteiger charge is -2.04. The molecule has 0 aliphatic carbocycles. The molecular weight excluding hydrogens is 192 g/mol. The number of carbonyl (C=O) groups excluding carboxylic acids is 1. The third-order valence-electron chi connectivity index (χ3n) is 1.62. The summed E-state index contributed by atoms with van der Waals surface area (Å²) >= 11 is 0. The third kappa shape index (κ3) is 2.25. The highest BCUT2D eigenvalue weighted by atomic mass is 19.3. The highest BCUT2D eigenvalue weighted by Crippen LogP contribution is 2.18. The quantitative estimate of drug-likeness (QED) is 0.688. The van der Waals surface area contributed by atoms with E-state index in [1.54, 1.807) is 6.92 Å². The molecule has 1 aromatic heterocycles. The van der Waals surface area contributed by atoms with Gasteiger partial charge in [-0.2, -0.15) is 0 Å². The minimum absolute atomic E-state index is 0.0929. The molecule has 0 aromatic carbocycles. The van der Waals surface area contributed by atoms with Crippen LogP contribution in [0.5, 0.6) is 0 Å². The molecule has 0 unspecified atom stereocenters. The third-order valence-corrected chi connectivity index (χ3v) is 1.62. The molecule has 0 N–H and O–H groups in total. The van der Waals surface area contributed by atoms with Gasteiger partial charge in [-0.25, -0.2) is 13.6 Å². The summed E-state index contributed by atoms with van der Waals surface area (Å²) in [5, 5.41) is 0. The predicted octanol–water partition coefficient (Wildman–Crippen LogP) is 2.11. The van der Waals surface area contributed by atoms with E-state index in [1.165, 1.54) is 13.2 Å². The summed E-state index contributed by atoms with van der Waals surface area (Å²) < 4.78 is 29.0. The number of rotatable bonds is 2. The highest BCUT2D eigenvalue weighted by Gasteiger charge is 2.14. The first-order valence-corrected chi connectivity index (χ1v) is 3.89. The number of ether oxygens (including phenoxy) is 1. The number of esters is 1. The van der Waals surface area contributed by atoms with Crippen molar-refractivity contribution in [1.29, 1.82) is 0 Å². The van der Waals surface area contributed by atoms with Crippen molar-refractivity contribution < 1.29 is 18.3 Å². The fraction of sp³-hybridized carbons (Fsp3) is 0.333. The second-order valence-corrected chi connectivity index (χ2v) is 2.71. The van der Waals surface area contributed by atoms with Gasteiger partial charge in [0.15, 0.2) is 0 Å². The molecule has 14 heavy (non-hydrogen) atoms. The van der Waals surface area contributed by atoms with Gasteiger partial charge in [-0.3, -0.25) is 4.98 Å². The zero-order valence-electron chi connectivity index (χ0n) is 7.75. The molecule has 0 spiro atoms. The predicted molar refractivity (Wildman–Crippen MR) is 45.3 cm³/mol. The zero-order chi connectivity index (χ0) is 10.7. The summed E-state index contributed by atoms with van der Waals surface area (Å²) in [4.78, 5) is 14.6. The van der Waals surface area contributed by atoms with Crippen molar-refractivity contribution in [2.45, 2.75) is 13.3 Å². The van der Waals surface area contributed by atoms with Crippen molar-refractivity contribution in [2.75, 3.05) is 7.11 Å². The average Bonchev–Trinajstić information content (AvgIpc) is 2.15. The van der Waals surface area contributed by atoms with Crippen molar-refractivity contribution in [3.05, 3.63) is 29.1 Å². The average molecular weight is 201 g/mol. The van der Waals surface area contributed by atoms with Gasteiger partial charge in [-0.1, -0.05) is 0 Å². The van der Waals surface area contributed by atoms with E-state index in [-0.39, 0.29) is 5.56 Å². The van der Waals surface area contributed by atoms with E-state index in [0.717, 1.165) is 6.07 Å². The Morgan fingerprint density at radius 1 is 1.50 bits per heavy atom. The molecule has 0 bridgehead atoms. The second-order valence-electron chi connectivity index (χ2n) is 2.71. The number of hydrogen-bond donors (Lipinski definition) is 0. The molecule has 0 atom stereocenters. The Morgan fingerprint density at radius 2 is 2.14 bits per heavy atom. The van der Waals surface area contributed by atoms with Crippen LogP contribution in [0.3, 0.4) is 0 Å². The van der Waals surface area contributed by atoms with Crippen molar-refractivity contribution in [1.82, 2.24) is 4.98 Å². The van der Waals surface area contributed by atoms with Gasteiger partial charge in [-0.05, 0) is 19.1 Å². The van der Waals surface area contributed by atoms with Crippen LogP contribution in [0, 0.1) is 6.92 Å². The van der Waals surface area contributed by atoms with Gasteiger partial charge in [0.2, 0.25) is 0 Å². The number of methoxy groups -OCH3 is 1. The van der Waals surface area contributed by atoms with Crippen LogP contribution in [0.15, 0.2) is 12.1 Å². The Kier molecular flexibility index (Phi) is 3.11. The maximum atomic E-state index is 12.3. The Labute approximate surface area is 79.7 Å². The molecule has 0 saturated heterocycles. The first-order chi connectivity index (χ1) is 6.54. The molecule has 5 heteroatoms. The number of pyridine rings is 1. The van der Waals surface area contributed by atoms with E-state index in [2.05, 4.69) is 9.72 Å². The van der Waals surface area contributed by atoms with Crippen molar-refractivity contribution in [2.24, 2.45) is 0 Å². The van der Waals surface area contributed by atoms with Gasteiger partial charge in [0.25, 0.3) is 6.43 Å². The van der Waals surface area contributed by atoms with Crippen LogP contribution in [-0.4, -0.2) is 18.1 Å². The molecule has 1 aromatic rings. The Bertz CT molecular complexity index is 353. The lowest BCUT2D eigenvalue weighted by atomic mass is 10.2. The smallest absolute Gasteiger partial charge is 0.337 e. The first kappa shape index (κ1) is 10.6. The molecule has 0 saturated carbocycles. The molecule has 3 nitrogen and oxygen atoms in total. The number of halogens is 2. The van der Waals surface area contributed by atoms with Crippen LogP contribution < -0.4 is 0 Å². The SMILES string of the molecule is COC(=O)c1cc(C)nc(C(F)F)c1. The minimum Gasteiger partial charge on any atom is -0.465 e. The summed E-state index contributed by atoms with van der Waals surface area (Å²) in [5.41, 5.74) is 0.0453. The fourth-order valence-corrected chi connectivity index (χ4v) is 1.04. The van der Waals surface area contributed by atoms with Crippen molar-refractivity contribution in [3.8, 4) is 0 Å². The maximum absolute atomic E-state index is 12.3. The summed E-state index contributed by atoms with van der Waals surface area (Å²) in [6, 6.07) is 2.43. The van der Waals surface area contributed by atoms with Gasteiger partial charge < -0.3 is 4.74 Å². The van der Waals surface area contributed by atoms with Gasteiger partial charge in [-0.15, -0.1) is 0 Å². The van der Waals surface area contributed by atoms with E-state index >= 15 is 0 Å². The molecular formula is C9H9F2NO2. The largest absolute Gasteiger partial charge is 0.465 e. The highest BCUT2D eigenvalue weighted by molar-refractivity contribution is 5.89. The lowest BCUT2D eigenvalue weighted by Crippen LogP contribution is -2.04. The van der Waals surface area contributed by atoms with Gasteiger partial charge in [0.05, 0.1) is 12.7 Å². The molecule has 1 heterocycles. The lowest BCUT2D eigenvalue weighted by molar-refractivity contribution is 0.0600. The molecule has 0 radical (unpaired) electrons. The van der Waals surface area contributed by atoms with E-state index in [9.17, 15) is 13.6 Å². The van der Waals surface area contributed by atoms with Crippen LogP contribution in [0.2, 0.25) is 0 Å². The Morgan fingerprint density at radius 3 is 2.64 bits per heavy atom. The van der Waals surface area contributed by atoms with Gasteiger partial charge >= 0.3 is 5.97 Å². The molecule has 0 fully saturated rings. The standard InChI is InChI=1S/C9H9F2NO2/c1-5-3-6(9(13)14-2)4-7(12-5)8(10)11/h3-4,8H,1-2H3. The number of alkyl halides is 2. The number of nitrogens with zero attached hydrogens (tertiary/aromatic N) is 1. The van der Waals surface area contributed by atoms with E-state index in [0.29, 0.717) is 5.69 Å². The number of hydrogen-bond acceptors (Lipinski definition) is 3.